The molecule has 4 rings (SSSR count). The Morgan fingerprint density at radius 1 is 1.14 bits per heavy atom. The van der Waals surface area contributed by atoms with Crippen LogP contribution in [-0.2, 0) is 0 Å². The number of nitrogens with zero attached hydrogens (tertiary/aromatic N) is 4. The summed E-state index contributed by atoms with van der Waals surface area (Å²) in [4.78, 5) is 26.2. The van der Waals surface area contributed by atoms with Crippen LogP contribution in [-0.4, -0.2) is 38.5 Å². The highest BCUT2D eigenvalue weighted by Crippen LogP contribution is 2.25. The second-order valence-electron chi connectivity index (χ2n) is 6.33. The van der Waals surface area contributed by atoms with Crippen LogP contribution in [0.15, 0.2) is 48.8 Å². The van der Waals surface area contributed by atoms with E-state index >= 15 is 0 Å². The number of anilines is 1. The van der Waals surface area contributed by atoms with Crippen molar-refractivity contribution in [2.24, 2.45) is 0 Å². The lowest BCUT2D eigenvalue weighted by atomic mass is 10.2. The fourth-order valence-corrected chi connectivity index (χ4v) is 3.91. The number of amides is 1. The molecule has 3 heterocycles. The molecular formula is C20H20N6OS. The number of hydrogen-bond acceptors (Lipinski definition) is 6. The number of aromatic nitrogens is 4. The van der Waals surface area contributed by atoms with Crippen molar-refractivity contribution in [2.75, 3.05) is 18.4 Å². The Bertz CT molecular complexity index is 1100. The number of fused-ring (bicyclic) bond motifs is 1. The summed E-state index contributed by atoms with van der Waals surface area (Å²) in [6.45, 7) is 4.84. The van der Waals surface area contributed by atoms with Crippen molar-refractivity contribution in [2.45, 2.75) is 13.8 Å². The standard InChI is InChI=1S/C20H20N6OS/c1-13-24-18(12-19(25-13)26-10-9-21-14(26)2)22-7-8-23-20(27)17-11-15-5-3-4-6-16(15)28-17/h3-6,9-12H,7-8H2,1-2H3,(H,23,27)(H,22,24,25). The van der Waals surface area contributed by atoms with E-state index in [9.17, 15) is 4.79 Å². The largest absolute Gasteiger partial charge is 0.368 e. The zero-order chi connectivity index (χ0) is 19.5. The van der Waals surface area contributed by atoms with Crippen molar-refractivity contribution >= 4 is 33.1 Å². The van der Waals surface area contributed by atoms with Gasteiger partial charge in [-0.25, -0.2) is 15.0 Å². The number of imidazole rings is 1. The van der Waals surface area contributed by atoms with Gasteiger partial charge in [-0.15, -0.1) is 11.3 Å². The molecule has 0 saturated heterocycles. The molecule has 0 radical (unpaired) electrons. The van der Waals surface area contributed by atoms with Crippen LogP contribution in [0.1, 0.15) is 21.3 Å². The fraction of sp³-hybridized carbons (Fsp3) is 0.200. The van der Waals surface area contributed by atoms with Crippen LogP contribution >= 0.6 is 11.3 Å². The van der Waals surface area contributed by atoms with Crippen LogP contribution < -0.4 is 10.6 Å². The molecule has 0 aliphatic carbocycles. The maximum atomic E-state index is 12.4. The number of rotatable bonds is 6. The van der Waals surface area contributed by atoms with E-state index in [1.807, 2.05) is 61.0 Å². The van der Waals surface area contributed by atoms with E-state index in [-0.39, 0.29) is 5.91 Å². The van der Waals surface area contributed by atoms with Crippen LogP contribution in [0.5, 0.6) is 0 Å². The lowest BCUT2D eigenvalue weighted by Crippen LogP contribution is -2.28. The Kier molecular flexibility index (Phi) is 5.03. The minimum absolute atomic E-state index is 0.0587. The number of nitrogens with one attached hydrogen (secondary N) is 2. The highest BCUT2D eigenvalue weighted by atomic mass is 32.1. The Morgan fingerprint density at radius 3 is 2.79 bits per heavy atom. The SMILES string of the molecule is Cc1nc(NCCNC(=O)c2cc3ccccc3s2)cc(-n2ccnc2C)n1. The molecule has 2 N–H and O–H groups in total. The van der Waals surface area contributed by atoms with Gasteiger partial charge in [-0.3, -0.25) is 9.36 Å². The van der Waals surface area contributed by atoms with Crippen molar-refractivity contribution in [3.63, 3.8) is 0 Å². The van der Waals surface area contributed by atoms with Gasteiger partial charge >= 0.3 is 0 Å². The summed E-state index contributed by atoms with van der Waals surface area (Å²) in [6.07, 6.45) is 3.61. The van der Waals surface area contributed by atoms with E-state index in [1.165, 1.54) is 11.3 Å². The Hall–Kier alpha value is -3.26. The third kappa shape index (κ3) is 3.86. The highest BCUT2D eigenvalue weighted by molar-refractivity contribution is 7.20. The summed E-state index contributed by atoms with van der Waals surface area (Å²) in [7, 11) is 0. The average Bonchev–Trinajstić information content (AvgIpc) is 3.30. The van der Waals surface area contributed by atoms with Crippen LogP contribution in [0, 0.1) is 13.8 Å². The first-order chi connectivity index (χ1) is 13.6. The maximum absolute atomic E-state index is 12.4. The van der Waals surface area contributed by atoms with Gasteiger partial charge in [0.25, 0.3) is 5.91 Å². The number of carbonyl (C=O) groups excluding carboxylic acids is 1. The van der Waals surface area contributed by atoms with Crippen molar-refractivity contribution in [1.82, 2.24) is 24.8 Å². The van der Waals surface area contributed by atoms with Gasteiger partial charge in [0, 0.05) is 36.2 Å². The highest BCUT2D eigenvalue weighted by Gasteiger charge is 2.10. The van der Waals surface area contributed by atoms with Gasteiger partial charge in [0.1, 0.15) is 23.3 Å². The summed E-state index contributed by atoms with van der Waals surface area (Å²) in [6, 6.07) is 11.8. The topological polar surface area (TPSA) is 84.7 Å². The molecule has 1 amide bonds. The smallest absolute Gasteiger partial charge is 0.261 e. The zero-order valence-electron chi connectivity index (χ0n) is 15.6. The van der Waals surface area contributed by atoms with E-state index in [4.69, 9.17) is 0 Å². The number of thiophene rings is 1. The van der Waals surface area contributed by atoms with Crippen LogP contribution in [0.25, 0.3) is 15.9 Å². The second-order valence-corrected chi connectivity index (χ2v) is 7.42. The van der Waals surface area contributed by atoms with Crippen molar-refractivity contribution in [3.8, 4) is 5.82 Å². The number of benzene rings is 1. The predicted molar refractivity (Wildman–Crippen MR) is 111 cm³/mol. The molecule has 0 saturated carbocycles. The lowest BCUT2D eigenvalue weighted by molar-refractivity contribution is 0.0959. The van der Waals surface area contributed by atoms with Gasteiger partial charge in [-0.2, -0.15) is 0 Å². The van der Waals surface area contributed by atoms with Crippen molar-refractivity contribution in [1.29, 1.82) is 0 Å². The number of hydrogen-bond donors (Lipinski definition) is 2. The molecule has 0 aliphatic rings. The minimum Gasteiger partial charge on any atom is -0.368 e. The van der Waals surface area contributed by atoms with Gasteiger partial charge < -0.3 is 10.6 Å². The summed E-state index contributed by atoms with van der Waals surface area (Å²) in [5.74, 6) is 2.95. The monoisotopic (exact) mass is 392 g/mol. The molecule has 0 aliphatic heterocycles. The molecule has 8 heteroatoms. The molecule has 142 valence electrons. The minimum atomic E-state index is -0.0587. The van der Waals surface area contributed by atoms with Crippen LogP contribution in [0.4, 0.5) is 5.82 Å². The molecule has 0 fully saturated rings. The van der Waals surface area contributed by atoms with Gasteiger partial charge in [0.2, 0.25) is 0 Å². The van der Waals surface area contributed by atoms with Crippen LogP contribution in [0.2, 0.25) is 0 Å². The molecule has 0 bridgehead atoms. The van der Waals surface area contributed by atoms with E-state index in [0.717, 1.165) is 26.6 Å². The van der Waals surface area contributed by atoms with Crippen molar-refractivity contribution < 1.29 is 4.79 Å². The Labute approximate surface area is 166 Å². The summed E-state index contributed by atoms with van der Waals surface area (Å²) >= 11 is 1.50. The summed E-state index contributed by atoms with van der Waals surface area (Å²) in [5, 5.41) is 7.28. The number of carbonyl (C=O) groups is 1. The van der Waals surface area contributed by atoms with E-state index in [1.54, 1.807) is 6.20 Å². The molecule has 4 aromatic rings. The van der Waals surface area contributed by atoms with E-state index in [2.05, 4.69) is 25.6 Å². The normalized spacial score (nSPS) is 10.9. The Morgan fingerprint density at radius 2 is 2.00 bits per heavy atom. The van der Waals surface area contributed by atoms with E-state index < -0.39 is 0 Å². The van der Waals surface area contributed by atoms with E-state index in [0.29, 0.717) is 24.7 Å². The molecular weight excluding hydrogens is 372 g/mol. The fourth-order valence-electron chi connectivity index (χ4n) is 2.93. The lowest BCUT2D eigenvalue weighted by Gasteiger charge is -2.10. The second kappa shape index (κ2) is 7.77. The van der Waals surface area contributed by atoms with Gasteiger partial charge in [-0.1, -0.05) is 18.2 Å². The maximum Gasteiger partial charge on any atom is 0.261 e. The number of aryl methyl sites for hydroxylation is 2. The van der Waals surface area contributed by atoms with Crippen LogP contribution in [0.3, 0.4) is 0 Å². The first-order valence-corrected chi connectivity index (χ1v) is 9.78. The molecule has 1 aromatic carbocycles. The molecule has 0 spiro atoms. The van der Waals surface area contributed by atoms with Gasteiger partial charge in [0.05, 0.1) is 4.88 Å². The first-order valence-electron chi connectivity index (χ1n) is 8.97. The summed E-state index contributed by atoms with van der Waals surface area (Å²) in [5.41, 5.74) is 0. The third-order valence-corrected chi connectivity index (χ3v) is 5.38. The molecule has 0 unspecified atom stereocenters. The average molecular weight is 392 g/mol. The zero-order valence-corrected chi connectivity index (χ0v) is 16.5. The van der Waals surface area contributed by atoms with Gasteiger partial charge in [0.15, 0.2) is 0 Å². The molecule has 3 aromatic heterocycles. The quantitative estimate of drug-likeness (QED) is 0.492. The third-order valence-electron chi connectivity index (χ3n) is 4.26. The molecule has 7 nitrogen and oxygen atoms in total. The molecule has 28 heavy (non-hydrogen) atoms. The summed E-state index contributed by atoms with van der Waals surface area (Å²) < 4.78 is 3.02. The Balaban J connectivity index is 1.35. The molecule has 0 atom stereocenters. The predicted octanol–water partition coefficient (Wildman–Crippen LogP) is 3.34. The first kappa shape index (κ1) is 18.1. The van der Waals surface area contributed by atoms with Gasteiger partial charge in [-0.05, 0) is 31.4 Å². The van der Waals surface area contributed by atoms with Crippen molar-refractivity contribution in [3.05, 3.63) is 65.3 Å².